The van der Waals surface area contributed by atoms with Crippen LogP contribution in [0.25, 0.3) is 0 Å². The number of hydrogen-bond donors (Lipinski definition) is 1. The Kier molecular flexibility index (Phi) is 7.41. The number of para-hydroxylation sites is 1. The number of halogens is 1. The molecule has 0 atom stereocenters. The van der Waals surface area contributed by atoms with Crippen molar-refractivity contribution in [3.63, 3.8) is 0 Å². The average Bonchev–Trinajstić information content (AvgIpc) is 2.84. The van der Waals surface area contributed by atoms with Crippen LogP contribution < -0.4 is 10.1 Å². The van der Waals surface area contributed by atoms with E-state index in [0.717, 1.165) is 12.8 Å². The zero-order valence-corrected chi connectivity index (χ0v) is 17.1. The summed E-state index contributed by atoms with van der Waals surface area (Å²) in [5, 5.41) is 12.7. The molecule has 0 saturated heterocycles. The highest BCUT2D eigenvalue weighted by Gasteiger charge is 2.16. The third kappa shape index (κ3) is 5.87. The minimum atomic E-state index is 0.0590. The molecule has 0 aliphatic heterocycles. The number of rotatable bonds is 7. The van der Waals surface area contributed by atoms with Crippen LogP contribution in [0, 0.1) is 0 Å². The Labute approximate surface area is 169 Å². The Balaban J connectivity index is 1.48. The van der Waals surface area contributed by atoms with Gasteiger partial charge in [0.15, 0.2) is 11.0 Å². The molecule has 1 amide bonds. The van der Waals surface area contributed by atoms with Crippen LogP contribution in [0.2, 0.25) is 5.02 Å². The summed E-state index contributed by atoms with van der Waals surface area (Å²) in [4.78, 5) is 12.2. The third-order valence-corrected chi connectivity index (χ3v) is 6.00. The van der Waals surface area contributed by atoms with Crippen LogP contribution in [0.1, 0.15) is 44.3 Å². The van der Waals surface area contributed by atoms with Crippen molar-refractivity contribution >= 4 is 29.3 Å². The van der Waals surface area contributed by atoms with Gasteiger partial charge in [-0.05, 0) is 25.0 Å². The zero-order valence-electron chi connectivity index (χ0n) is 15.5. The molecule has 0 radical (unpaired) electrons. The minimum Gasteiger partial charge on any atom is -0.484 e. The second kappa shape index (κ2) is 9.99. The molecule has 0 spiro atoms. The van der Waals surface area contributed by atoms with E-state index in [2.05, 4.69) is 15.5 Å². The molecule has 1 N–H and O–H groups in total. The lowest BCUT2D eigenvalue weighted by Gasteiger charge is -2.15. The molecule has 1 fully saturated rings. The van der Waals surface area contributed by atoms with Gasteiger partial charge in [0.05, 0.1) is 10.8 Å². The van der Waals surface area contributed by atoms with Gasteiger partial charge < -0.3 is 14.6 Å². The lowest BCUT2D eigenvalue weighted by Crippen LogP contribution is -2.35. The van der Waals surface area contributed by atoms with Crippen LogP contribution in [0.15, 0.2) is 29.4 Å². The first-order valence-electron chi connectivity index (χ1n) is 9.31. The lowest BCUT2D eigenvalue weighted by atomic mass is 10.1. The van der Waals surface area contributed by atoms with Gasteiger partial charge in [0.2, 0.25) is 5.91 Å². The van der Waals surface area contributed by atoms with Gasteiger partial charge in [-0.15, -0.1) is 10.2 Å². The van der Waals surface area contributed by atoms with Gasteiger partial charge in [-0.1, -0.05) is 61.2 Å². The highest BCUT2D eigenvalue weighted by atomic mass is 35.5. The van der Waals surface area contributed by atoms with Crippen molar-refractivity contribution in [2.24, 2.45) is 7.05 Å². The zero-order chi connectivity index (χ0) is 19.1. The maximum Gasteiger partial charge on any atom is 0.230 e. The summed E-state index contributed by atoms with van der Waals surface area (Å²) in [5.41, 5.74) is 0. The van der Waals surface area contributed by atoms with Gasteiger partial charge in [0, 0.05) is 13.1 Å². The van der Waals surface area contributed by atoms with Crippen molar-refractivity contribution in [3.8, 4) is 5.75 Å². The van der Waals surface area contributed by atoms with Crippen LogP contribution >= 0.6 is 23.4 Å². The maximum absolute atomic E-state index is 12.2. The summed E-state index contributed by atoms with van der Waals surface area (Å²) in [5.74, 6) is 1.69. The first-order chi connectivity index (χ1) is 13.1. The number of aromatic nitrogens is 3. The molecule has 1 saturated carbocycles. The van der Waals surface area contributed by atoms with E-state index in [0.29, 0.717) is 33.5 Å². The van der Waals surface area contributed by atoms with Gasteiger partial charge in [-0.3, -0.25) is 4.79 Å². The highest BCUT2D eigenvalue weighted by Crippen LogP contribution is 2.24. The summed E-state index contributed by atoms with van der Waals surface area (Å²) >= 11 is 7.48. The van der Waals surface area contributed by atoms with E-state index in [1.54, 1.807) is 6.07 Å². The number of hydrogen-bond acceptors (Lipinski definition) is 5. The molecule has 2 aromatic rings. The molecule has 0 bridgehead atoms. The fourth-order valence-corrected chi connectivity index (χ4v) is 4.06. The average molecular weight is 409 g/mol. The molecule has 0 unspecified atom stereocenters. The molecule has 3 rings (SSSR count). The van der Waals surface area contributed by atoms with E-state index in [4.69, 9.17) is 16.3 Å². The smallest absolute Gasteiger partial charge is 0.230 e. The molecule has 8 heteroatoms. The molecular formula is C19H25ClN4O2S. The summed E-state index contributed by atoms with van der Waals surface area (Å²) in [7, 11) is 1.87. The molecule has 1 aromatic carbocycles. The number of thioether (sulfide) groups is 1. The van der Waals surface area contributed by atoms with Crippen LogP contribution in [0.5, 0.6) is 5.75 Å². The second-order valence-corrected chi connectivity index (χ2v) is 8.07. The van der Waals surface area contributed by atoms with Crippen molar-refractivity contribution in [2.75, 3.05) is 5.75 Å². The van der Waals surface area contributed by atoms with Crippen molar-refractivity contribution in [1.82, 2.24) is 20.1 Å². The van der Waals surface area contributed by atoms with E-state index < -0.39 is 0 Å². The van der Waals surface area contributed by atoms with E-state index in [9.17, 15) is 4.79 Å². The van der Waals surface area contributed by atoms with Crippen molar-refractivity contribution < 1.29 is 9.53 Å². The molecule has 1 aliphatic rings. The van der Waals surface area contributed by atoms with Crippen LogP contribution in [0.3, 0.4) is 0 Å². The Morgan fingerprint density at radius 2 is 2.00 bits per heavy atom. The first kappa shape index (κ1) is 20.0. The molecule has 27 heavy (non-hydrogen) atoms. The molecule has 146 valence electrons. The Morgan fingerprint density at radius 1 is 1.26 bits per heavy atom. The van der Waals surface area contributed by atoms with Crippen LogP contribution in [-0.2, 0) is 18.4 Å². The number of carbonyl (C=O) groups excluding carboxylic acids is 1. The number of nitrogens with zero attached hydrogens (tertiary/aromatic N) is 3. The Bertz CT molecular complexity index is 760. The minimum absolute atomic E-state index is 0.0590. The van der Waals surface area contributed by atoms with E-state index in [1.807, 2.05) is 29.8 Å². The van der Waals surface area contributed by atoms with E-state index >= 15 is 0 Å². The predicted molar refractivity (Wildman–Crippen MR) is 107 cm³/mol. The first-order valence-corrected chi connectivity index (χ1v) is 10.7. The number of nitrogens with one attached hydrogen (secondary N) is 1. The number of ether oxygens (including phenoxy) is 1. The van der Waals surface area contributed by atoms with Crippen LogP contribution in [-0.4, -0.2) is 32.5 Å². The predicted octanol–water partition coefficient (Wildman–Crippen LogP) is 3.98. The summed E-state index contributed by atoms with van der Waals surface area (Å²) in [6.07, 6.45) is 7.14. The summed E-state index contributed by atoms with van der Waals surface area (Å²) < 4.78 is 7.56. The number of benzene rings is 1. The maximum atomic E-state index is 12.2. The van der Waals surface area contributed by atoms with Crippen molar-refractivity contribution in [2.45, 2.75) is 56.3 Å². The highest BCUT2D eigenvalue weighted by molar-refractivity contribution is 7.99. The lowest BCUT2D eigenvalue weighted by molar-refractivity contribution is -0.119. The fraction of sp³-hybridized carbons (Fsp3) is 0.526. The van der Waals surface area contributed by atoms with E-state index in [1.165, 1.54) is 37.4 Å². The Hall–Kier alpha value is -1.73. The van der Waals surface area contributed by atoms with Gasteiger partial charge in [0.1, 0.15) is 12.4 Å². The second-order valence-electron chi connectivity index (χ2n) is 6.72. The molecule has 1 aliphatic carbocycles. The van der Waals surface area contributed by atoms with Gasteiger partial charge in [0.25, 0.3) is 0 Å². The monoisotopic (exact) mass is 408 g/mol. The summed E-state index contributed by atoms with van der Waals surface area (Å²) in [6.45, 7) is 0.266. The fourth-order valence-electron chi connectivity index (χ4n) is 3.12. The largest absolute Gasteiger partial charge is 0.484 e. The van der Waals surface area contributed by atoms with Crippen molar-refractivity contribution in [1.29, 1.82) is 0 Å². The van der Waals surface area contributed by atoms with E-state index in [-0.39, 0.29) is 12.5 Å². The third-order valence-electron chi connectivity index (χ3n) is 4.67. The van der Waals surface area contributed by atoms with Crippen molar-refractivity contribution in [3.05, 3.63) is 35.1 Å². The normalized spacial score (nSPS) is 15.3. The summed E-state index contributed by atoms with van der Waals surface area (Å²) in [6, 6.07) is 7.63. The Morgan fingerprint density at radius 3 is 2.74 bits per heavy atom. The topological polar surface area (TPSA) is 69.0 Å². The molecule has 1 heterocycles. The molecule has 1 aromatic heterocycles. The van der Waals surface area contributed by atoms with Gasteiger partial charge in [-0.2, -0.15) is 0 Å². The van der Waals surface area contributed by atoms with Gasteiger partial charge >= 0.3 is 0 Å². The van der Waals surface area contributed by atoms with Crippen LogP contribution in [0.4, 0.5) is 0 Å². The molecular weight excluding hydrogens is 384 g/mol. The molecule has 6 nitrogen and oxygen atoms in total. The van der Waals surface area contributed by atoms with Gasteiger partial charge in [-0.25, -0.2) is 0 Å². The quantitative estimate of drug-likeness (QED) is 0.554. The SMILES string of the molecule is Cn1c(COc2ccccc2Cl)nnc1SCC(=O)NC1CCCCCC1. The number of amides is 1. The standard InChI is InChI=1S/C19H25ClN4O2S/c1-24-17(12-26-16-11-7-6-10-15(16)20)22-23-19(24)27-13-18(25)21-14-8-4-2-3-5-9-14/h6-7,10-11,14H,2-5,8-9,12-13H2,1H3,(H,21,25). The number of carbonyl (C=O) groups is 1.